The van der Waals surface area contributed by atoms with Crippen molar-refractivity contribution < 1.29 is 14.7 Å². The van der Waals surface area contributed by atoms with E-state index in [1.807, 2.05) is 6.07 Å². The molecule has 1 N–H and O–H groups in total. The predicted octanol–water partition coefficient (Wildman–Crippen LogP) is 2.39. The van der Waals surface area contributed by atoms with E-state index in [4.69, 9.17) is 5.11 Å². The zero-order chi connectivity index (χ0) is 12.8. The quantitative estimate of drug-likeness (QED) is 0.908. The fourth-order valence-electron chi connectivity index (χ4n) is 1.41. The number of hydrogen-bond donors (Lipinski definition) is 1. The fourth-order valence-corrected chi connectivity index (χ4v) is 1.86. The highest BCUT2D eigenvalue weighted by atomic mass is 79.9. The van der Waals surface area contributed by atoms with Gasteiger partial charge in [0.2, 0.25) is 0 Å². The lowest BCUT2D eigenvalue weighted by Crippen LogP contribution is -2.28. The fraction of sp³-hybridized carbons (Fsp3) is 0.333. The SMILES string of the molecule is CN(CCCC(=O)O)C(=O)c1ccccc1Br. The van der Waals surface area contributed by atoms with Gasteiger partial charge < -0.3 is 10.0 Å². The Balaban J connectivity index is 2.58. The third-order valence-corrected chi connectivity index (χ3v) is 3.03. The molecule has 0 saturated heterocycles. The number of aliphatic carboxylic acids is 1. The number of amides is 1. The molecule has 5 heteroatoms. The van der Waals surface area contributed by atoms with E-state index in [-0.39, 0.29) is 12.3 Å². The molecule has 0 bridgehead atoms. The highest BCUT2D eigenvalue weighted by molar-refractivity contribution is 9.10. The number of hydrogen-bond acceptors (Lipinski definition) is 2. The van der Waals surface area contributed by atoms with Crippen LogP contribution in [0.3, 0.4) is 0 Å². The van der Waals surface area contributed by atoms with Crippen LogP contribution in [0.2, 0.25) is 0 Å². The first-order valence-corrected chi connectivity index (χ1v) is 6.03. The molecule has 0 unspecified atom stereocenters. The summed E-state index contributed by atoms with van der Waals surface area (Å²) in [6, 6.07) is 7.17. The van der Waals surface area contributed by atoms with Crippen molar-refractivity contribution in [3.05, 3.63) is 34.3 Å². The Hall–Kier alpha value is -1.36. The van der Waals surface area contributed by atoms with Crippen LogP contribution in [0.4, 0.5) is 0 Å². The van der Waals surface area contributed by atoms with E-state index < -0.39 is 5.97 Å². The van der Waals surface area contributed by atoms with Gasteiger partial charge in [-0.15, -0.1) is 0 Å². The third-order valence-electron chi connectivity index (χ3n) is 2.34. The summed E-state index contributed by atoms with van der Waals surface area (Å²) in [5.41, 5.74) is 0.588. The van der Waals surface area contributed by atoms with Gasteiger partial charge in [0.05, 0.1) is 5.56 Å². The molecule has 17 heavy (non-hydrogen) atoms. The average molecular weight is 300 g/mol. The minimum absolute atomic E-state index is 0.0770. The first-order chi connectivity index (χ1) is 8.02. The van der Waals surface area contributed by atoms with Crippen molar-refractivity contribution in [1.29, 1.82) is 0 Å². The number of nitrogens with zero attached hydrogens (tertiary/aromatic N) is 1. The molecule has 0 heterocycles. The van der Waals surface area contributed by atoms with Gasteiger partial charge in [0.1, 0.15) is 0 Å². The highest BCUT2D eigenvalue weighted by Gasteiger charge is 2.14. The monoisotopic (exact) mass is 299 g/mol. The normalized spacial score (nSPS) is 10.0. The largest absolute Gasteiger partial charge is 0.481 e. The van der Waals surface area contributed by atoms with Crippen molar-refractivity contribution in [1.82, 2.24) is 4.90 Å². The molecule has 92 valence electrons. The maximum Gasteiger partial charge on any atom is 0.303 e. The number of halogens is 1. The summed E-state index contributed by atoms with van der Waals surface area (Å²) in [5.74, 6) is -0.949. The zero-order valence-electron chi connectivity index (χ0n) is 9.52. The smallest absolute Gasteiger partial charge is 0.303 e. The molecule has 0 spiro atoms. The maximum atomic E-state index is 12.0. The summed E-state index contributed by atoms with van der Waals surface area (Å²) < 4.78 is 0.745. The lowest BCUT2D eigenvalue weighted by atomic mass is 10.2. The Morgan fingerprint density at radius 1 is 1.35 bits per heavy atom. The van der Waals surface area contributed by atoms with Gasteiger partial charge in [0.15, 0.2) is 0 Å². The van der Waals surface area contributed by atoms with E-state index in [0.29, 0.717) is 18.5 Å². The highest BCUT2D eigenvalue weighted by Crippen LogP contribution is 2.17. The minimum Gasteiger partial charge on any atom is -0.481 e. The van der Waals surface area contributed by atoms with Crippen LogP contribution in [-0.4, -0.2) is 35.5 Å². The molecule has 0 atom stereocenters. The van der Waals surface area contributed by atoms with Crippen LogP contribution in [-0.2, 0) is 4.79 Å². The molecular weight excluding hydrogens is 286 g/mol. The standard InChI is InChI=1S/C12H14BrNO3/c1-14(8-4-7-11(15)16)12(17)9-5-2-3-6-10(9)13/h2-3,5-6H,4,7-8H2,1H3,(H,15,16). The van der Waals surface area contributed by atoms with Gasteiger partial charge in [-0.3, -0.25) is 9.59 Å². The van der Waals surface area contributed by atoms with Crippen molar-refractivity contribution in [3.63, 3.8) is 0 Å². The molecule has 4 nitrogen and oxygen atoms in total. The summed E-state index contributed by atoms with van der Waals surface area (Å²) in [6.07, 6.45) is 0.537. The Morgan fingerprint density at radius 2 is 2.00 bits per heavy atom. The van der Waals surface area contributed by atoms with Crippen LogP contribution < -0.4 is 0 Å². The van der Waals surface area contributed by atoms with Crippen LogP contribution in [0.25, 0.3) is 0 Å². The number of rotatable bonds is 5. The topological polar surface area (TPSA) is 57.6 Å². The Bertz CT molecular complexity index is 420. The molecule has 0 radical (unpaired) electrons. The Kier molecular flexibility index (Phi) is 5.15. The average Bonchev–Trinajstić information content (AvgIpc) is 2.28. The van der Waals surface area contributed by atoms with Gasteiger partial charge in [0, 0.05) is 24.5 Å². The molecule has 0 aromatic heterocycles. The second-order valence-electron chi connectivity index (χ2n) is 3.70. The number of carboxylic acid groups (broad SMARTS) is 1. The second kappa shape index (κ2) is 6.39. The minimum atomic E-state index is -0.841. The lowest BCUT2D eigenvalue weighted by Gasteiger charge is -2.17. The maximum absolute atomic E-state index is 12.0. The summed E-state index contributed by atoms with van der Waals surface area (Å²) in [4.78, 5) is 23.9. The summed E-state index contributed by atoms with van der Waals surface area (Å²) in [5, 5.41) is 8.52. The van der Waals surface area contributed by atoms with Crippen LogP contribution in [0.15, 0.2) is 28.7 Å². The molecule has 0 aliphatic heterocycles. The molecule has 1 amide bonds. The zero-order valence-corrected chi connectivity index (χ0v) is 11.1. The lowest BCUT2D eigenvalue weighted by molar-refractivity contribution is -0.137. The van der Waals surface area contributed by atoms with Gasteiger partial charge >= 0.3 is 5.97 Å². The number of carbonyl (C=O) groups is 2. The number of carboxylic acids is 1. The van der Waals surface area contributed by atoms with Crippen LogP contribution in [0, 0.1) is 0 Å². The Morgan fingerprint density at radius 3 is 2.59 bits per heavy atom. The van der Waals surface area contributed by atoms with Gasteiger partial charge in [-0.25, -0.2) is 0 Å². The summed E-state index contributed by atoms with van der Waals surface area (Å²) >= 11 is 3.31. The summed E-state index contributed by atoms with van der Waals surface area (Å²) in [6.45, 7) is 0.437. The first-order valence-electron chi connectivity index (χ1n) is 5.24. The van der Waals surface area contributed by atoms with Gasteiger partial charge in [-0.05, 0) is 34.5 Å². The van der Waals surface area contributed by atoms with Crippen molar-refractivity contribution in [2.24, 2.45) is 0 Å². The second-order valence-corrected chi connectivity index (χ2v) is 4.56. The third kappa shape index (κ3) is 4.19. The number of benzene rings is 1. The molecule has 0 fully saturated rings. The van der Waals surface area contributed by atoms with Crippen LogP contribution in [0.1, 0.15) is 23.2 Å². The van der Waals surface area contributed by atoms with E-state index in [0.717, 1.165) is 4.47 Å². The van der Waals surface area contributed by atoms with E-state index >= 15 is 0 Å². The van der Waals surface area contributed by atoms with Crippen molar-refractivity contribution >= 4 is 27.8 Å². The van der Waals surface area contributed by atoms with Crippen LogP contribution >= 0.6 is 15.9 Å². The molecular formula is C12H14BrNO3. The summed E-state index contributed by atoms with van der Waals surface area (Å²) in [7, 11) is 1.67. The van der Waals surface area contributed by atoms with Gasteiger partial charge in [-0.1, -0.05) is 12.1 Å². The number of carbonyl (C=O) groups excluding carboxylic acids is 1. The Labute approximate surface area is 108 Å². The molecule has 1 rings (SSSR count). The van der Waals surface area contributed by atoms with E-state index in [1.165, 1.54) is 4.90 Å². The van der Waals surface area contributed by atoms with E-state index in [1.54, 1.807) is 25.2 Å². The first kappa shape index (κ1) is 13.7. The van der Waals surface area contributed by atoms with Crippen molar-refractivity contribution in [3.8, 4) is 0 Å². The van der Waals surface area contributed by atoms with Crippen molar-refractivity contribution in [2.45, 2.75) is 12.8 Å². The molecule has 0 aliphatic carbocycles. The molecule has 0 saturated carbocycles. The van der Waals surface area contributed by atoms with E-state index in [9.17, 15) is 9.59 Å². The molecule has 1 aromatic carbocycles. The predicted molar refractivity (Wildman–Crippen MR) is 68.0 cm³/mol. The van der Waals surface area contributed by atoms with E-state index in [2.05, 4.69) is 15.9 Å². The van der Waals surface area contributed by atoms with Crippen LogP contribution in [0.5, 0.6) is 0 Å². The van der Waals surface area contributed by atoms with Crippen molar-refractivity contribution in [2.75, 3.05) is 13.6 Å². The van der Waals surface area contributed by atoms with Gasteiger partial charge in [0.25, 0.3) is 5.91 Å². The van der Waals surface area contributed by atoms with Gasteiger partial charge in [-0.2, -0.15) is 0 Å². The molecule has 0 aliphatic rings. The molecule has 1 aromatic rings.